The summed E-state index contributed by atoms with van der Waals surface area (Å²) in [6.45, 7) is 8.27. The number of aliphatic hydroxyl groups is 1. The number of aliphatic hydroxyl groups excluding tert-OH is 1. The summed E-state index contributed by atoms with van der Waals surface area (Å²) >= 11 is 1.75. The molecule has 0 spiro atoms. The second kappa shape index (κ2) is 7.07. The largest absolute Gasteiger partial charge is 0.392 e. The second-order valence-electron chi connectivity index (χ2n) is 4.51. The third-order valence-electron chi connectivity index (χ3n) is 3.15. The first-order chi connectivity index (χ1) is 8.08. The fourth-order valence-electron chi connectivity index (χ4n) is 1.68. The van der Waals surface area contributed by atoms with Crippen LogP contribution in [0.15, 0.2) is 12.3 Å². The topological polar surface area (TPSA) is 38.0 Å². The van der Waals surface area contributed by atoms with Crippen LogP contribution in [0.5, 0.6) is 0 Å². The van der Waals surface area contributed by atoms with Gasteiger partial charge < -0.3 is 5.11 Å². The van der Waals surface area contributed by atoms with E-state index < -0.39 is 0 Å². The highest BCUT2D eigenvalue weighted by molar-refractivity contribution is 7.99. The zero-order valence-electron chi connectivity index (χ0n) is 11.3. The van der Waals surface area contributed by atoms with Gasteiger partial charge in [-0.2, -0.15) is 5.10 Å². The van der Waals surface area contributed by atoms with E-state index in [-0.39, 0.29) is 11.4 Å². The van der Waals surface area contributed by atoms with Gasteiger partial charge in [0.15, 0.2) is 0 Å². The molecule has 3 nitrogen and oxygen atoms in total. The van der Waals surface area contributed by atoms with Gasteiger partial charge in [0, 0.05) is 17.2 Å². The van der Waals surface area contributed by atoms with Crippen LogP contribution in [0, 0.1) is 0 Å². The van der Waals surface area contributed by atoms with Crippen molar-refractivity contribution in [2.24, 2.45) is 0 Å². The lowest BCUT2D eigenvalue weighted by Gasteiger charge is -2.14. The van der Waals surface area contributed by atoms with Crippen molar-refractivity contribution in [3.63, 3.8) is 0 Å². The molecule has 0 fully saturated rings. The summed E-state index contributed by atoms with van der Waals surface area (Å²) in [5.74, 6) is 0.874. The Hall–Kier alpha value is -0.480. The van der Waals surface area contributed by atoms with E-state index >= 15 is 0 Å². The molecule has 17 heavy (non-hydrogen) atoms. The average Bonchev–Trinajstić information content (AvgIpc) is 2.76. The van der Waals surface area contributed by atoms with Crippen molar-refractivity contribution in [3.05, 3.63) is 18.0 Å². The van der Waals surface area contributed by atoms with Crippen LogP contribution >= 0.6 is 11.8 Å². The highest BCUT2D eigenvalue weighted by Crippen LogP contribution is 2.20. The molecule has 1 N–H and O–H groups in total. The quantitative estimate of drug-likeness (QED) is 0.814. The Kier molecular flexibility index (Phi) is 6.06. The van der Waals surface area contributed by atoms with Crippen LogP contribution in [-0.4, -0.2) is 26.2 Å². The van der Waals surface area contributed by atoms with Crippen LogP contribution < -0.4 is 0 Å². The van der Waals surface area contributed by atoms with Gasteiger partial charge in [-0.05, 0) is 25.8 Å². The van der Waals surface area contributed by atoms with E-state index in [1.165, 1.54) is 0 Å². The van der Waals surface area contributed by atoms with Gasteiger partial charge in [-0.15, -0.1) is 11.8 Å². The van der Waals surface area contributed by atoms with Gasteiger partial charge in [0.2, 0.25) is 0 Å². The molecule has 1 aromatic heterocycles. The van der Waals surface area contributed by atoms with E-state index in [4.69, 9.17) is 0 Å². The minimum atomic E-state index is -0.263. The highest BCUT2D eigenvalue weighted by Gasteiger charge is 2.11. The molecule has 1 aromatic rings. The zero-order valence-corrected chi connectivity index (χ0v) is 12.1. The molecule has 0 aliphatic carbocycles. The van der Waals surface area contributed by atoms with Crippen LogP contribution in [0.3, 0.4) is 0 Å². The lowest BCUT2D eigenvalue weighted by atomic mass is 10.2. The van der Waals surface area contributed by atoms with Crippen LogP contribution in [0.25, 0.3) is 0 Å². The molecule has 2 unspecified atom stereocenters. The normalized spacial score (nSPS) is 15.2. The van der Waals surface area contributed by atoms with E-state index in [1.807, 2.05) is 13.8 Å². The Labute approximate surface area is 109 Å². The molecule has 0 radical (unpaired) electrons. The maximum atomic E-state index is 9.42. The Balaban J connectivity index is 2.51. The summed E-state index contributed by atoms with van der Waals surface area (Å²) in [6.07, 6.45) is 4.05. The number of hydrogen-bond acceptors (Lipinski definition) is 3. The van der Waals surface area contributed by atoms with Crippen molar-refractivity contribution >= 4 is 11.8 Å². The van der Waals surface area contributed by atoms with Crippen LogP contribution in [-0.2, 0) is 5.75 Å². The Bertz CT molecular complexity index is 321. The molecule has 0 aliphatic rings. The lowest BCUT2D eigenvalue weighted by Crippen LogP contribution is -2.15. The van der Waals surface area contributed by atoms with Crippen LogP contribution in [0.4, 0.5) is 0 Å². The minimum Gasteiger partial charge on any atom is -0.392 e. The Morgan fingerprint density at radius 1 is 1.35 bits per heavy atom. The summed E-state index contributed by atoms with van der Waals surface area (Å²) in [4.78, 5) is 0. The third kappa shape index (κ3) is 4.36. The Morgan fingerprint density at radius 2 is 2.00 bits per heavy atom. The fraction of sp³-hybridized carbons (Fsp3) is 0.769. The van der Waals surface area contributed by atoms with Gasteiger partial charge in [0.05, 0.1) is 17.8 Å². The SMILES string of the molecule is CCC(CC)n1ccc(CSC(C)C(C)O)n1. The number of nitrogens with zero attached hydrogens (tertiary/aromatic N) is 2. The fourth-order valence-corrected chi connectivity index (χ4v) is 2.54. The van der Waals surface area contributed by atoms with E-state index in [9.17, 15) is 5.11 Å². The molecule has 1 rings (SSSR count). The van der Waals surface area contributed by atoms with Crippen molar-refractivity contribution in [3.8, 4) is 0 Å². The van der Waals surface area contributed by atoms with E-state index in [0.29, 0.717) is 6.04 Å². The molecular formula is C13H24N2OS. The summed E-state index contributed by atoms with van der Waals surface area (Å²) in [5.41, 5.74) is 1.11. The summed E-state index contributed by atoms with van der Waals surface area (Å²) < 4.78 is 2.07. The van der Waals surface area contributed by atoms with Crippen molar-refractivity contribution in [2.75, 3.05) is 0 Å². The molecule has 98 valence electrons. The first kappa shape index (κ1) is 14.6. The minimum absolute atomic E-state index is 0.258. The predicted octanol–water partition coefficient (Wildman–Crippen LogP) is 3.25. The smallest absolute Gasteiger partial charge is 0.0723 e. The number of thioether (sulfide) groups is 1. The maximum absolute atomic E-state index is 9.42. The van der Waals surface area contributed by atoms with E-state index in [2.05, 4.69) is 35.9 Å². The summed E-state index contributed by atoms with van der Waals surface area (Å²) in [6, 6.07) is 2.60. The maximum Gasteiger partial charge on any atom is 0.0723 e. The molecule has 1 heterocycles. The molecule has 0 amide bonds. The second-order valence-corrected chi connectivity index (χ2v) is 5.88. The monoisotopic (exact) mass is 256 g/mol. The Morgan fingerprint density at radius 3 is 2.53 bits per heavy atom. The van der Waals surface area contributed by atoms with Gasteiger partial charge in [0.1, 0.15) is 0 Å². The van der Waals surface area contributed by atoms with Crippen LogP contribution in [0.2, 0.25) is 0 Å². The zero-order chi connectivity index (χ0) is 12.8. The molecular weight excluding hydrogens is 232 g/mol. The van der Waals surface area contributed by atoms with Gasteiger partial charge in [-0.25, -0.2) is 0 Å². The lowest BCUT2D eigenvalue weighted by molar-refractivity contribution is 0.196. The van der Waals surface area contributed by atoms with Crippen molar-refractivity contribution < 1.29 is 5.11 Å². The molecule has 4 heteroatoms. The van der Waals surface area contributed by atoms with Gasteiger partial charge in [-0.3, -0.25) is 4.68 Å². The van der Waals surface area contributed by atoms with Crippen LogP contribution in [0.1, 0.15) is 52.3 Å². The van der Waals surface area contributed by atoms with E-state index in [0.717, 1.165) is 24.3 Å². The highest BCUT2D eigenvalue weighted by atomic mass is 32.2. The molecule has 0 bridgehead atoms. The summed E-state index contributed by atoms with van der Waals surface area (Å²) in [7, 11) is 0. The molecule has 0 saturated carbocycles. The molecule has 0 saturated heterocycles. The predicted molar refractivity (Wildman–Crippen MR) is 74.3 cm³/mol. The van der Waals surface area contributed by atoms with Crippen molar-refractivity contribution in [2.45, 2.75) is 63.7 Å². The third-order valence-corrected chi connectivity index (χ3v) is 4.54. The van der Waals surface area contributed by atoms with Crippen molar-refractivity contribution in [1.29, 1.82) is 0 Å². The number of rotatable bonds is 7. The number of hydrogen-bond donors (Lipinski definition) is 1. The first-order valence-corrected chi connectivity index (χ1v) is 7.47. The molecule has 0 aliphatic heterocycles. The first-order valence-electron chi connectivity index (χ1n) is 6.42. The van der Waals surface area contributed by atoms with Gasteiger partial charge >= 0.3 is 0 Å². The van der Waals surface area contributed by atoms with Gasteiger partial charge in [0.25, 0.3) is 0 Å². The van der Waals surface area contributed by atoms with E-state index in [1.54, 1.807) is 11.8 Å². The van der Waals surface area contributed by atoms with Crippen molar-refractivity contribution in [1.82, 2.24) is 9.78 Å². The average molecular weight is 256 g/mol. The standard InChI is InChI=1S/C13H24N2OS/c1-5-13(6-2)15-8-7-12(14-15)9-17-11(4)10(3)16/h7-8,10-11,13,16H,5-6,9H2,1-4H3. The van der Waals surface area contributed by atoms with Gasteiger partial charge in [-0.1, -0.05) is 20.8 Å². The number of aromatic nitrogens is 2. The molecule has 0 aromatic carbocycles. The summed E-state index contributed by atoms with van der Waals surface area (Å²) in [5, 5.41) is 14.3. The molecule has 2 atom stereocenters.